The molecule has 0 fully saturated rings. The molecule has 0 bridgehead atoms. The summed E-state index contributed by atoms with van der Waals surface area (Å²) in [6, 6.07) is 0. The quantitative estimate of drug-likeness (QED) is 0.656. The van der Waals surface area contributed by atoms with Crippen LogP contribution < -0.4 is 0 Å². The van der Waals surface area contributed by atoms with Crippen LogP contribution in [0.4, 0.5) is 0 Å². The van der Waals surface area contributed by atoms with E-state index in [-0.39, 0.29) is 12.4 Å². The van der Waals surface area contributed by atoms with Gasteiger partial charge in [0, 0.05) is 0 Å². The Morgan fingerprint density at radius 2 is 2.20 bits per heavy atom. The van der Waals surface area contributed by atoms with Crippen molar-refractivity contribution in [3.8, 4) is 0 Å². The first-order valence-electron chi connectivity index (χ1n) is 4.55. The molecule has 15 heavy (non-hydrogen) atoms. The van der Waals surface area contributed by atoms with E-state index >= 15 is 0 Å². The van der Waals surface area contributed by atoms with Crippen molar-refractivity contribution in [3.05, 3.63) is 11.5 Å². The molecule has 0 unspecified atom stereocenters. The molecule has 1 aliphatic heterocycles. The zero-order chi connectivity index (χ0) is 11.4. The van der Waals surface area contributed by atoms with E-state index in [0.717, 1.165) is 0 Å². The molecule has 0 aliphatic carbocycles. The fourth-order valence-corrected chi connectivity index (χ4v) is 1.20. The number of carbonyl (C=O) groups is 1. The van der Waals surface area contributed by atoms with Crippen LogP contribution in [-0.4, -0.2) is 30.6 Å². The highest BCUT2D eigenvalue weighted by molar-refractivity contribution is 5.90. The summed E-state index contributed by atoms with van der Waals surface area (Å²) < 4.78 is 4.81. The Balaban J connectivity index is 2.90. The number of ether oxygens (including phenoxy) is 1. The number of hydrogen-bond donors (Lipinski definition) is 0. The molecule has 0 saturated heterocycles. The van der Waals surface area contributed by atoms with Crippen LogP contribution in [0.5, 0.6) is 0 Å². The van der Waals surface area contributed by atoms with Crippen LogP contribution in [0.1, 0.15) is 20.8 Å². The number of oxime groups is 1. The van der Waals surface area contributed by atoms with Gasteiger partial charge in [0.25, 0.3) is 5.76 Å². The smallest absolute Gasteiger partial charge is 0.379 e. The third-order valence-electron chi connectivity index (χ3n) is 1.84. The first-order valence-corrected chi connectivity index (χ1v) is 4.55. The molecule has 0 aromatic heterocycles. The molecule has 1 rings (SSSR count). The molecule has 0 aromatic carbocycles. The predicted octanol–water partition coefficient (Wildman–Crippen LogP) is 1.01. The number of amidine groups is 1. The molecule has 1 aliphatic rings. The van der Waals surface area contributed by atoms with E-state index in [4.69, 9.17) is 14.4 Å². The zero-order valence-corrected chi connectivity index (χ0v) is 9.23. The van der Waals surface area contributed by atoms with Crippen molar-refractivity contribution in [3.63, 3.8) is 0 Å². The summed E-state index contributed by atoms with van der Waals surface area (Å²) in [5.74, 6) is 0.0145. The van der Waals surface area contributed by atoms with Crippen LogP contribution in [0.15, 0.2) is 16.6 Å². The monoisotopic (exact) mass is 214 g/mol. The average molecular weight is 214 g/mol. The summed E-state index contributed by atoms with van der Waals surface area (Å²) in [6.07, 6.45) is 0. The van der Waals surface area contributed by atoms with Gasteiger partial charge in [-0.15, -0.1) is 0 Å². The summed E-state index contributed by atoms with van der Waals surface area (Å²) in [7, 11) is 1.48. The molecule has 0 amide bonds. The number of hydroxylamine groups is 2. The second-order valence-electron chi connectivity index (χ2n) is 2.84. The van der Waals surface area contributed by atoms with Crippen molar-refractivity contribution in [1.82, 2.24) is 5.06 Å². The van der Waals surface area contributed by atoms with Gasteiger partial charge in [0.05, 0.1) is 19.4 Å². The van der Waals surface area contributed by atoms with Gasteiger partial charge in [0.2, 0.25) is 0 Å². The van der Waals surface area contributed by atoms with E-state index in [1.165, 1.54) is 12.2 Å². The van der Waals surface area contributed by atoms with Crippen LogP contribution in [0.2, 0.25) is 0 Å². The summed E-state index contributed by atoms with van der Waals surface area (Å²) in [4.78, 5) is 21.4. The molecule has 0 aromatic rings. The van der Waals surface area contributed by atoms with Gasteiger partial charge in [-0.25, -0.2) is 9.86 Å². The van der Waals surface area contributed by atoms with Gasteiger partial charge >= 0.3 is 5.97 Å². The van der Waals surface area contributed by atoms with E-state index in [9.17, 15) is 4.79 Å². The Bertz CT molecular complexity index is 322. The van der Waals surface area contributed by atoms with Crippen molar-refractivity contribution >= 4 is 11.8 Å². The van der Waals surface area contributed by atoms with Gasteiger partial charge < -0.3 is 9.57 Å². The van der Waals surface area contributed by atoms with Crippen molar-refractivity contribution in [1.29, 1.82) is 0 Å². The largest absolute Gasteiger partial charge is 0.460 e. The lowest BCUT2D eigenvalue weighted by Crippen LogP contribution is -2.32. The van der Waals surface area contributed by atoms with Crippen molar-refractivity contribution < 1.29 is 19.2 Å². The minimum atomic E-state index is -0.548. The molecule has 1 heterocycles. The van der Waals surface area contributed by atoms with Crippen LogP contribution in [-0.2, 0) is 19.2 Å². The molecular formula is C9H14N2O4. The number of hydrogen-bond acceptors (Lipinski definition) is 6. The third kappa shape index (κ3) is 2.27. The molecule has 0 N–H and O–H groups in total. The van der Waals surface area contributed by atoms with Gasteiger partial charge in [-0.1, -0.05) is 5.16 Å². The van der Waals surface area contributed by atoms with Gasteiger partial charge in [-0.05, 0) is 20.8 Å². The number of allylic oxidation sites excluding steroid dienone is 1. The lowest BCUT2D eigenvalue weighted by Gasteiger charge is -2.25. The van der Waals surface area contributed by atoms with Gasteiger partial charge in [0.1, 0.15) is 0 Å². The van der Waals surface area contributed by atoms with E-state index in [1.807, 2.05) is 0 Å². The van der Waals surface area contributed by atoms with Gasteiger partial charge in [-0.2, -0.15) is 0 Å². The van der Waals surface area contributed by atoms with E-state index in [0.29, 0.717) is 11.5 Å². The lowest BCUT2D eigenvalue weighted by molar-refractivity contribution is -0.144. The maximum atomic E-state index is 11.4. The number of rotatable bonds is 3. The maximum Gasteiger partial charge on any atom is 0.379 e. The van der Waals surface area contributed by atoms with Crippen LogP contribution in [0.3, 0.4) is 0 Å². The Morgan fingerprint density at radius 3 is 2.73 bits per heavy atom. The Morgan fingerprint density at radius 1 is 1.53 bits per heavy atom. The molecule has 0 saturated carbocycles. The number of esters is 1. The van der Waals surface area contributed by atoms with E-state index < -0.39 is 5.97 Å². The molecule has 0 atom stereocenters. The molecule has 0 spiro atoms. The minimum absolute atomic E-state index is 0.0456. The summed E-state index contributed by atoms with van der Waals surface area (Å²) in [5, 5.41) is 5.07. The Labute approximate surface area is 88.0 Å². The second-order valence-corrected chi connectivity index (χ2v) is 2.84. The molecule has 6 heteroatoms. The van der Waals surface area contributed by atoms with Crippen molar-refractivity contribution in [2.24, 2.45) is 5.16 Å². The fourth-order valence-electron chi connectivity index (χ4n) is 1.20. The fraction of sp³-hybridized carbons (Fsp3) is 0.556. The average Bonchev–Trinajstić information content (AvgIpc) is 2.18. The van der Waals surface area contributed by atoms with E-state index in [1.54, 1.807) is 20.8 Å². The lowest BCUT2D eigenvalue weighted by atomic mass is 10.3. The van der Waals surface area contributed by atoms with Crippen LogP contribution in [0, 0.1) is 0 Å². The highest BCUT2D eigenvalue weighted by Crippen LogP contribution is 2.19. The maximum absolute atomic E-state index is 11.4. The predicted molar refractivity (Wildman–Crippen MR) is 52.4 cm³/mol. The standard InChI is InChI=1S/C9H14N2O4/c1-5-14-9(12)8-6(2)11(13-4)7(3)10-15-8/h5H2,1-4H3. The highest BCUT2D eigenvalue weighted by Gasteiger charge is 2.26. The summed E-state index contributed by atoms with van der Waals surface area (Å²) in [5.41, 5.74) is 0.517. The van der Waals surface area contributed by atoms with Gasteiger partial charge in [-0.3, -0.25) is 4.84 Å². The van der Waals surface area contributed by atoms with E-state index in [2.05, 4.69) is 5.16 Å². The first kappa shape index (κ1) is 11.5. The Kier molecular flexibility index (Phi) is 3.68. The SMILES string of the molecule is CCOC(=O)C1=C(C)N(OC)C(C)=NO1. The number of carbonyl (C=O) groups excluding carboxylic acids is 1. The van der Waals surface area contributed by atoms with Crippen molar-refractivity contribution in [2.45, 2.75) is 20.8 Å². The topological polar surface area (TPSA) is 60.4 Å². The van der Waals surface area contributed by atoms with Crippen LogP contribution >= 0.6 is 0 Å². The zero-order valence-electron chi connectivity index (χ0n) is 9.23. The van der Waals surface area contributed by atoms with Crippen LogP contribution in [0.25, 0.3) is 0 Å². The molecule has 0 radical (unpaired) electrons. The molecule has 6 nitrogen and oxygen atoms in total. The normalized spacial score (nSPS) is 16.0. The summed E-state index contributed by atoms with van der Waals surface area (Å²) >= 11 is 0. The second kappa shape index (κ2) is 4.79. The minimum Gasteiger partial charge on any atom is -0.460 e. The molecular weight excluding hydrogens is 200 g/mol. The Hall–Kier alpha value is -1.56. The first-order chi connectivity index (χ1) is 7.11. The summed E-state index contributed by atoms with van der Waals surface area (Å²) in [6.45, 7) is 5.40. The number of nitrogens with zero attached hydrogens (tertiary/aromatic N) is 2. The molecule has 84 valence electrons. The third-order valence-corrected chi connectivity index (χ3v) is 1.84. The van der Waals surface area contributed by atoms with Gasteiger partial charge in [0.15, 0.2) is 5.84 Å². The van der Waals surface area contributed by atoms with Crippen molar-refractivity contribution in [2.75, 3.05) is 13.7 Å². The highest BCUT2D eigenvalue weighted by atomic mass is 16.7.